The molecule has 70 valence electrons. The van der Waals surface area contributed by atoms with Crippen molar-refractivity contribution in [3.8, 4) is 11.1 Å². The van der Waals surface area contributed by atoms with Gasteiger partial charge in [-0.3, -0.25) is 4.98 Å². The van der Waals surface area contributed by atoms with Crippen molar-refractivity contribution in [3.63, 3.8) is 0 Å². The summed E-state index contributed by atoms with van der Waals surface area (Å²) in [6.45, 7) is 0. The number of rotatable bonds is 1. The van der Waals surface area contributed by atoms with E-state index in [0.29, 0.717) is 0 Å². The van der Waals surface area contributed by atoms with Crippen LogP contribution in [-0.2, 0) is 0 Å². The Morgan fingerprint density at radius 2 is 2.07 bits per heavy atom. The second-order valence-electron chi connectivity index (χ2n) is 2.87. The first-order valence-electron chi connectivity index (χ1n) is 4.13. The Labute approximate surface area is 89.7 Å². The minimum Gasteiger partial charge on any atom is -0.264 e. The maximum atomic E-state index is 13.0. The number of pyridine rings is 1. The average molecular weight is 252 g/mol. The number of hydrogen-bond donors (Lipinski definition) is 0. The van der Waals surface area contributed by atoms with Crippen LogP contribution in [0.4, 0.5) is 4.39 Å². The van der Waals surface area contributed by atoms with Crippen LogP contribution in [0.5, 0.6) is 0 Å². The summed E-state index contributed by atoms with van der Waals surface area (Å²) in [6.07, 6.45) is 3.38. The minimum atomic E-state index is -0.230. The highest BCUT2D eigenvalue weighted by Gasteiger charge is 2.02. The third-order valence-electron chi connectivity index (χ3n) is 1.91. The summed E-state index contributed by atoms with van der Waals surface area (Å²) in [6, 6.07) is 8.33. The average Bonchev–Trinajstić information content (AvgIpc) is 2.18. The molecule has 0 unspecified atom stereocenters. The van der Waals surface area contributed by atoms with Crippen molar-refractivity contribution >= 4 is 15.9 Å². The van der Waals surface area contributed by atoms with E-state index in [1.54, 1.807) is 18.5 Å². The highest BCUT2D eigenvalue weighted by atomic mass is 79.9. The second-order valence-corrected chi connectivity index (χ2v) is 3.72. The van der Waals surface area contributed by atoms with Crippen molar-refractivity contribution in [2.24, 2.45) is 0 Å². The maximum absolute atomic E-state index is 13.0. The third-order valence-corrected chi connectivity index (χ3v) is 2.54. The molecule has 0 amide bonds. The predicted molar refractivity (Wildman–Crippen MR) is 57.3 cm³/mol. The van der Waals surface area contributed by atoms with Crippen LogP contribution < -0.4 is 0 Å². The van der Waals surface area contributed by atoms with Crippen LogP contribution >= 0.6 is 15.9 Å². The first-order chi connectivity index (χ1) is 6.77. The lowest BCUT2D eigenvalue weighted by molar-refractivity contribution is 0.628. The van der Waals surface area contributed by atoms with Crippen molar-refractivity contribution in [3.05, 3.63) is 53.0 Å². The highest BCUT2D eigenvalue weighted by molar-refractivity contribution is 9.10. The molecule has 3 heteroatoms. The number of halogens is 2. The lowest BCUT2D eigenvalue weighted by atomic mass is 10.1. The molecule has 0 atom stereocenters. The molecule has 14 heavy (non-hydrogen) atoms. The molecule has 0 N–H and O–H groups in total. The monoisotopic (exact) mass is 251 g/mol. The fourth-order valence-corrected chi connectivity index (χ4v) is 1.74. The van der Waals surface area contributed by atoms with Gasteiger partial charge in [-0.1, -0.05) is 12.1 Å². The molecule has 0 aliphatic heterocycles. The Morgan fingerprint density at radius 1 is 1.21 bits per heavy atom. The molecule has 0 aliphatic rings. The zero-order chi connectivity index (χ0) is 9.97. The van der Waals surface area contributed by atoms with Crippen LogP contribution in [0.1, 0.15) is 0 Å². The summed E-state index contributed by atoms with van der Waals surface area (Å²) < 4.78 is 13.8. The number of hydrogen-bond acceptors (Lipinski definition) is 1. The molecule has 1 aromatic heterocycles. The molecule has 1 nitrogen and oxygen atoms in total. The summed E-state index contributed by atoms with van der Waals surface area (Å²) >= 11 is 3.37. The number of nitrogens with zero attached hydrogens (tertiary/aromatic N) is 1. The molecule has 2 aromatic rings. The fraction of sp³-hybridized carbons (Fsp3) is 0. The van der Waals surface area contributed by atoms with Gasteiger partial charge in [0, 0.05) is 16.9 Å². The molecular formula is C11H7BrFN. The third kappa shape index (κ3) is 1.82. The highest BCUT2D eigenvalue weighted by Crippen LogP contribution is 2.27. The van der Waals surface area contributed by atoms with Gasteiger partial charge in [0.05, 0.1) is 0 Å². The van der Waals surface area contributed by atoms with Crippen LogP contribution in [0.25, 0.3) is 11.1 Å². The van der Waals surface area contributed by atoms with Crippen LogP contribution in [-0.4, -0.2) is 4.98 Å². The standard InChI is InChI=1S/C11H7BrFN/c12-11-7-14-5-4-10(11)8-2-1-3-9(13)6-8/h1-7H. The van der Waals surface area contributed by atoms with Crippen molar-refractivity contribution in [1.29, 1.82) is 0 Å². The van der Waals surface area contributed by atoms with Crippen LogP contribution in [0.3, 0.4) is 0 Å². The van der Waals surface area contributed by atoms with E-state index in [1.807, 2.05) is 12.1 Å². The molecule has 0 spiro atoms. The molecule has 0 radical (unpaired) electrons. The SMILES string of the molecule is Fc1cccc(-c2ccncc2Br)c1. The molecule has 0 fully saturated rings. The lowest BCUT2D eigenvalue weighted by Crippen LogP contribution is -1.82. The predicted octanol–water partition coefficient (Wildman–Crippen LogP) is 3.65. The smallest absolute Gasteiger partial charge is 0.123 e. The second kappa shape index (κ2) is 3.88. The molecule has 1 heterocycles. The van der Waals surface area contributed by atoms with Crippen LogP contribution in [0, 0.1) is 5.82 Å². The Morgan fingerprint density at radius 3 is 2.79 bits per heavy atom. The lowest BCUT2D eigenvalue weighted by Gasteiger charge is -2.03. The van der Waals surface area contributed by atoms with Gasteiger partial charge >= 0.3 is 0 Å². The zero-order valence-corrected chi connectivity index (χ0v) is 8.83. The molecule has 0 saturated heterocycles. The first kappa shape index (κ1) is 9.34. The molecule has 2 rings (SSSR count). The van der Waals surface area contributed by atoms with E-state index < -0.39 is 0 Å². The summed E-state index contributed by atoms with van der Waals surface area (Å²) in [5.41, 5.74) is 1.79. The van der Waals surface area contributed by atoms with Gasteiger partial charge < -0.3 is 0 Å². The van der Waals surface area contributed by atoms with E-state index >= 15 is 0 Å². The van der Waals surface area contributed by atoms with Gasteiger partial charge in [0.1, 0.15) is 5.82 Å². The summed E-state index contributed by atoms with van der Waals surface area (Å²) in [4.78, 5) is 3.95. The Kier molecular flexibility index (Phi) is 2.59. The van der Waals surface area contributed by atoms with E-state index in [2.05, 4.69) is 20.9 Å². The molecule has 0 saturated carbocycles. The maximum Gasteiger partial charge on any atom is 0.123 e. The van der Waals surface area contributed by atoms with E-state index in [1.165, 1.54) is 12.1 Å². The summed E-state index contributed by atoms with van der Waals surface area (Å²) in [7, 11) is 0. The van der Waals surface area contributed by atoms with Crippen molar-refractivity contribution in [2.75, 3.05) is 0 Å². The largest absolute Gasteiger partial charge is 0.264 e. The Hall–Kier alpha value is -1.22. The van der Waals surface area contributed by atoms with E-state index in [0.717, 1.165) is 15.6 Å². The van der Waals surface area contributed by atoms with Gasteiger partial charge in [-0.25, -0.2) is 4.39 Å². The van der Waals surface area contributed by atoms with Crippen molar-refractivity contribution in [2.45, 2.75) is 0 Å². The van der Waals surface area contributed by atoms with Gasteiger partial charge in [-0.2, -0.15) is 0 Å². The fourth-order valence-electron chi connectivity index (χ4n) is 1.27. The minimum absolute atomic E-state index is 0.230. The number of aromatic nitrogens is 1. The Balaban J connectivity index is 2.55. The van der Waals surface area contributed by atoms with Gasteiger partial charge in [0.25, 0.3) is 0 Å². The summed E-state index contributed by atoms with van der Waals surface area (Å²) in [5.74, 6) is -0.230. The van der Waals surface area contributed by atoms with Crippen molar-refractivity contribution in [1.82, 2.24) is 4.98 Å². The van der Waals surface area contributed by atoms with Gasteiger partial charge in [-0.05, 0) is 45.3 Å². The topological polar surface area (TPSA) is 12.9 Å². The van der Waals surface area contributed by atoms with Crippen molar-refractivity contribution < 1.29 is 4.39 Å². The van der Waals surface area contributed by atoms with Gasteiger partial charge in [-0.15, -0.1) is 0 Å². The summed E-state index contributed by atoms with van der Waals surface area (Å²) in [5, 5.41) is 0. The van der Waals surface area contributed by atoms with E-state index in [9.17, 15) is 4.39 Å². The van der Waals surface area contributed by atoms with Crippen LogP contribution in [0.15, 0.2) is 47.2 Å². The molecule has 0 bridgehead atoms. The van der Waals surface area contributed by atoms with Gasteiger partial charge in [0.15, 0.2) is 0 Å². The Bertz CT molecular complexity index is 457. The van der Waals surface area contributed by atoms with E-state index in [4.69, 9.17) is 0 Å². The molecular weight excluding hydrogens is 245 g/mol. The van der Waals surface area contributed by atoms with Crippen LogP contribution in [0.2, 0.25) is 0 Å². The number of benzene rings is 1. The molecule has 1 aromatic carbocycles. The zero-order valence-electron chi connectivity index (χ0n) is 7.24. The quantitative estimate of drug-likeness (QED) is 0.754. The van der Waals surface area contributed by atoms with Gasteiger partial charge in [0.2, 0.25) is 0 Å². The normalized spacial score (nSPS) is 10.1. The van der Waals surface area contributed by atoms with E-state index in [-0.39, 0.29) is 5.82 Å². The molecule has 0 aliphatic carbocycles. The first-order valence-corrected chi connectivity index (χ1v) is 4.92.